The highest BCUT2D eigenvalue weighted by Gasteiger charge is 2.37. The molecule has 6 heteroatoms. The van der Waals surface area contributed by atoms with E-state index in [0.717, 1.165) is 13.0 Å². The Hall–Kier alpha value is -1.30. The van der Waals surface area contributed by atoms with E-state index in [1.54, 1.807) is 11.8 Å². The molecule has 2 unspecified atom stereocenters. The normalized spacial score (nSPS) is 23.4. The van der Waals surface area contributed by atoms with Crippen molar-refractivity contribution in [2.45, 2.75) is 25.8 Å². The fraction of sp³-hybridized carbons (Fsp3) is 0.833. The summed E-state index contributed by atoms with van der Waals surface area (Å²) in [5, 5.41) is 11.8. The lowest BCUT2D eigenvalue weighted by Gasteiger charge is -2.23. The lowest BCUT2D eigenvalue weighted by atomic mass is 10.0. The topological polar surface area (TPSA) is 72.9 Å². The van der Waals surface area contributed by atoms with Crippen LogP contribution in [0.3, 0.4) is 0 Å². The first-order valence-electron chi connectivity index (χ1n) is 6.35. The van der Waals surface area contributed by atoms with Gasteiger partial charge in [-0.05, 0) is 40.4 Å². The number of hydrogen-bond acceptors (Lipinski definition) is 3. The minimum atomic E-state index is -0.814. The van der Waals surface area contributed by atoms with Crippen molar-refractivity contribution in [3.8, 4) is 0 Å². The summed E-state index contributed by atoms with van der Waals surface area (Å²) in [5.41, 5.74) is 0. The number of rotatable bonds is 5. The molecule has 1 saturated heterocycles. The van der Waals surface area contributed by atoms with Gasteiger partial charge in [0.15, 0.2) is 0 Å². The average molecular weight is 257 g/mol. The number of carbonyl (C=O) groups is 2. The van der Waals surface area contributed by atoms with E-state index < -0.39 is 11.9 Å². The van der Waals surface area contributed by atoms with Gasteiger partial charge in [-0.2, -0.15) is 0 Å². The van der Waals surface area contributed by atoms with Crippen LogP contribution in [0.2, 0.25) is 0 Å². The summed E-state index contributed by atoms with van der Waals surface area (Å²) >= 11 is 0. The Balaban J connectivity index is 2.32. The quantitative estimate of drug-likeness (QED) is 0.701. The molecule has 2 amide bonds. The molecule has 0 aliphatic carbocycles. The third kappa shape index (κ3) is 3.87. The van der Waals surface area contributed by atoms with Crippen LogP contribution in [-0.2, 0) is 4.79 Å². The summed E-state index contributed by atoms with van der Waals surface area (Å²) in [7, 11) is 3.98. The van der Waals surface area contributed by atoms with E-state index in [1.165, 1.54) is 0 Å². The second-order valence-corrected chi connectivity index (χ2v) is 5.06. The van der Waals surface area contributed by atoms with Crippen molar-refractivity contribution < 1.29 is 14.7 Å². The second-order valence-electron chi connectivity index (χ2n) is 5.06. The summed E-state index contributed by atoms with van der Waals surface area (Å²) < 4.78 is 0. The van der Waals surface area contributed by atoms with E-state index >= 15 is 0 Å². The van der Waals surface area contributed by atoms with Gasteiger partial charge < -0.3 is 20.2 Å². The highest BCUT2D eigenvalue weighted by atomic mass is 16.4. The molecule has 0 spiro atoms. The lowest BCUT2D eigenvalue weighted by Crippen LogP contribution is -2.44. The summed E-state index contributed by atoms with van der Waals surface area (Å²) in [5.74, 6) is -1.25. The summed E-state index contributed by atoms with van der Waals surface area (Å²) in [6, 6.07) is -0.374. The Labute approximate surface area is 108 Å². The highest BCUT2D eigenvalue weighted by Crippen LogP contribution is 2.24. The van der Waals surface area contributed by atoms with Crippen molar-refractivity contribution in [3.05, 3.63) is 0 Å². The van der Waals surface area contributed by atoms with Crippen LogP contribution < -0.4 is 5.32 Å². The lowest BCUT2D eigenvalue weighted by molar-refractivity contribution is -0.142. The number of nitrogens with zero attached hydrogens (tertiary/aromatic N) is 2. The minimum absolute atomic E-state index is 0.148. The van der Waals surface area contributed by atoms with Crippen molar-refractivity contribution in [3.63, 3.8) is 0 Å². The minimum Gasteiger partial charge on any atom is -0.481 e. The maximum atomic E-state index is 11.9. The third-order valence-corrected chi connectivity index (χ3v) is 3.39. The molecule has 0 radical (unpaired) electrons. The Morgan fingerprint density at radius 3 is 2.61 bits per heavy atom. The smallest absolute Gasteiger partial charge is 0.317 e. The van der Waals surface area contributed by atoms with Gasteiger partial charge in [-0.1, -0.05) is 0 Å². The zero-order chi connectivity index (χ0) is 13.7. The van der Waals surface area contributed by atoms with Crippen molar-refractivity contribution in [1.29, 1.82) is 0 Å². The Morgan fingerprint density at radius 2 is 2.11 bits per heavy atom. The van der Waals surface area contributed by atoms with E-state index in [2.05, 4.69) is 10.2 Å². The predicted molar refractivity (Wildman–Crippen MR) is 68.5 cm³/mol. The zero-order valence-corrected chi connectivity index (χ0v) is 11.3. The maximum Gasteiger partial charge on any atom is 0.317 e. The summed E-state index contributed by atoms with van der Waals surface area (Å²) in [4.78, 5) is 26.5. The van der Waals surface area contributed by atoms with Gasteiger partial charge in [0.25, 0.3) is 0 Å². The molecule has 1 aliphatic heterocycles. The van der Waals surface area contributed by atoms with Crippen LogP contribution in [0, 0.1) is 5.92 Å². The van der Waals surface area contributed by atoms with Crippen LogP contribution in [0.15, 0.2) is 0 Å². The molecule has 1 rings (SSSR count). The standard InChI is InChI=1S/C12H23N3O3/c1-9-10(11(16)17)5-8-15(9)12(18)13-6-4-7-14(2)3/h9-10H,4-8H2,1-3H3,(H,13,18)(H,16,17). The summed E-state index contributed by atoms with van der Waals surface area (Å²) in [6.45, 7) is 3.87. The summed E-state index contributed by atoms with van der Waals surface area (Å²) in [6.07, 6.45) is 1.44. The second kappa shape index (κ2) is 6.58. The monoisotopic (exact) mass is 257 g/mol. The van der Waals surface area contributed by atoms with Crippen LogP contribution in [0.1, 0.15) is 19.8 Å². The average Bonchev–Trinajstić information content (AvgIpc) is 2.66. The largest absolute Gasteiger partial charge is 0.481 e. The molecule has 0 bridgehead atoms. The van der Waals surface area contributed by atoms with Crippen LogP contribution in [0.4, 0.5) is 4.79 Å². The Bertz CT molecular complexity index is 307. The van der Waals surface area contributed by atoms with Crippen LogP contribution >= 0.6 is 0 Å². The molecule has 104 valence electrons. The van der Waals surface area contributed by atoms with Gasteiger partial charge in [0.05, 0.1) is 5.92 Å². The first kappa shape index (κ1) is 14.8. The number of carboxylic acid groups (broad SMARTS) is 1. The van der Waals surface area contributed by atoms with Gasteiger partial charge in [0.2, 0.25) is 0 Å². The van der Waals surface area contributed by atoms with Gasteiger partial charge in [-0.3, -0.25) is 4.79 Å². The van der Waals surface area contributed by atoms with Crippen LogP contribution in [0.5, 0.6) is 0 Å². The number of amides is 2. The SMILES string of the molecule is CC1C(C(=O)O)CCN1C(=O)NCCCN(C)C. The Kier molecular flexibility index (Phi) is 5.40. The van der Waals surface area contributed by atoms with Crippen LogP contribution in [0.25, 0.3) is 0 Å². The molecule has 18 heavy (non-hydrogen) atoms. The predicted octanol–water partition coefficient (Wildman–Crippen LogP) is 0.443. The molecule has 0 aromatic rings. The molecule has 1 aliphatic rings. The Morgan fingerprint density at radius 1 is 1.44 bits per heavy atom. The molecule has 2 N–H and O–H groups in total. The van der Waals surface area contributed by atoms with Crippen molar-refractivity contribution in [2.75, 3.05) is 33.7 Å². The van der Waals surface area contributed by atoms with E-state index in [9.17, 15) is 9.59 Å². The molecule has 2 atom stereocenters. The van der Waals surface area contributed by atoms with Crippen molar-refractivity contribution >= 4 is 12.0 Å². The number of carbonyl (C=O) groups excluding carboxylic acids is 1. The van der Waals surface area contributed by atoms with Crippen molar-refractivity contribution in [2.24, 2.45) is 5.92 Å². The zero-order valence-electron chi connectivity index (χ0n) is 11.3. The van der Waals surface area contributed by atoms with Gasteiger partial charge in [0.1, 0.15) is 0 Å². The molecule has 1 fully saturated rings. The highest BCUT2D eigenvalue weighted by molar-refractivity contribution is 5.78. The van der Waals surface area contributed by atoms with E-state index in [4.69, 9.17) is 5.11 Å². The molecular weight excluding hydrogens is 234 g/mol. The third-order valence-electron chi connectivity index (χ3n) is 3.39. The first-order valence-corrected chi connectivity index (χ1v) is 6.35. The number of likely N-dealkylation sites (tertiary alicyclic amines) is 1. The molecule has 0 saturated carbocycles. The van der Waals surface area contributed by atoms with E-state index in [-0.39, 0.29) is 12.1 Å². The first-order chi connectivity index (χ1) is 8.43. The van der Waals surface area contributed by atoms with E-state index in [0.29, 0.717) is 19.5 Å². The van der Waals surface area contributed by atoms with Crippen molar-refractivity contribution in [1.82, 2.24) is 15.1 Å². The maximum absolute atomic E-state index is 11.9. The van der Waals surface area contributed by atoms with Gasteiger partial charge in [-0.15, -0.1) is 0 Å². The molecule has 6 nitrogen and oxygen atoms in total. The number of aliphatic carboxylic acids is 1. The fourth-order valence-electron chi connectivity index (χ4n) is 2.25. The number of urea groups is 1. The molecule has 1 heterocycles. The fourth-order valence-corrected chi connectivity index (χ4v) is 2.25. The van der Waals surface area contributed by atoms with Crippen LogP contribution in [-0.4, -0.2) is 66.7 Å². The number of nitrogens with one attached hydrogen (secondary N) is 1. The van der Waals surface area contributed by atoms with Gasteiger partial charge in [0, 0.05) is 19.1 Å². The van der Waals surface area contributed by atoms with Gasteiger partial charge >= 0.3 is 12.0 Å². The number of carboxylic acids is 1. The molecule has 0 aromatic carbocycles. The number of hydrogen-bond donors (Lipinski definition) is 2. The molecular formula is C12H23N3O3. The van der Waals surface area contributed by atoms with E-state index in [1.807, 2.05) is 14.1 Å². The molecule has 0 aromatic heterocycles. The van der Waals surface area contributed by atoms with Gasteiger partial charge in [-0.25, -0.2) is 4.79 Å².